The summed E-state index contributed by atoms with van der Waals surface area (Å²) >= 11 is 1.65. The number of carbonyl (C=O) groups excluding carboxylic acids is 1. The second kappa shape index (κ2) is 9.45. The third kappa shape index (κ3) is 4.99. The van der Waals surface area contributed by atoms with Crippen molar-refractivity contribution in [3.8, 4) is 0 Å². The van der Waals surface area contributed by atoms with Gasteiger partial charge in [-0.2, -0.15) is 0 Å². The van der Waals surface area contributed by atoms with Crippen LogP contribution in [0, 0.1) is 20.8 Å². The highest BCUT2D eigenvalue weighted by Crippen LogP contribution is 2.28. The van der Waals surface area contributed by atoms with E-state index in [2.05, 4.69) is 76.3 Å². The molecule has 3 nitrogen and oxygen atoms in total. The van der Waals surface area contributed by atoms with Crippen LogP contribution in [0.1, 0.15) is 48.1 Å². The maximum atomic E-state index is 12.6. The van der Waals surface area contributed by atoms with E-state index in [0.29, 0.717) is 12.2 Å². The van der Waals surface area contributed by atoms with Gasteiger partial charge in [0, 0.05) is 23.2 Å². The van der Waals surface area contributed by atoms with Crippen molar-refractivity contribution >= 4 is 34.3 Å². The summed E-state index contributed by atoms with van der Waals surface area (Å²) in [5.41, 5.74) is 8.15. The van der Waals surface area contributed by atoms with E-state index in [9.17, 15) is 4.79 Å². The van der Waals surface area contributed by atoms with Crippen LogP contribution in [-0.2, 0) is 17.6 Å². The largest absolute Gasteiger partial charge is 0.326 e. The fourth-order valence-electron chi connectivity index (χ4n) is 3.74. The minimum Gasteiger partial charge on any atom is -0.326 e. The highest BCUT2D eigenvalue weighted by atomic mass is 32.2. The van der Waals surface area contributed by atoms with Gasteiger partial charge in [0.25, 0.3) is 0 Å². The smallest absolute Gasteiger partial charge is 0.225 e. The third-order valence-corrected chi connectivity index (χ3v) is 6.19. The average molecular weight is 407 g/mol. The van der Waals surface area contributed by atoms with E-state index in [4.69, 9.17) is 4.98 Å². The Morgan fingerprint density at radius 1 is 1.00 bits per heavy atom. The molecular weight excluding hydrogens is 376 g/mol. The number of nitrogens with one attached hydrogen (secondary N) is 1. The van der Waals surface area contributed by atoms with Crippen molar-refractivity contribution < 1.29 is 4.79 Å². The summed E-state index contributed by atoms with van der Waals surface area (Å²) in [6.07, 6.45) is 2.30. The molecule has 2 aromatic carbocycles. The van der Waals surface area contributed by atoms with Gasteiger partial charge in [0.05, 0.1) is 10.5 Å². The Hall–Kier alpha value is -2.33. The number of fused-ring (bicyclic) bond motifs is 1. The molecule has 0 aliphatic rings. The number of hydrogen-bond donors (Lipinski definition) is 1. The molecule has 0 atom stereocenters. The number of pyridine rings is 1. The van der Waals surface area contributed by atoms with E-state index in [-0.39, 0.29) is 5.91 Å². The Bertz CT molecular complexity index is 1020. The molecule has 0 radical (unpaired) electrons. The van der Waals surface area contributed by atoms with E-state index in [1.54, 1.807) is 11.8 Å². The summed E-state index contributed by atoms with van der Waals surface area (Å²) in [4.78, 5) is 17.4. The Morgan fingerprint density at radius 3 is 2.34 bits per heavy atom. The molecule has 1 aromatic heterocycles. The first-order chi connectivity index (χ1) is 13.9. The second-order valence-corrected chi connectivity index (χ2v) is 8.68. The lowest BCUT2D eigenvalue weighted by Gasteiger charge is -2.14. The first-order valence-corrected chi connectivity index (χ1v) is 11.3. The number of aryl methyl sites for hydroxylation is 5. The van der Waals surface area contributed by atoms with Crippen LogP contribution in [0.25, 0.3) is 10.9 Å². The van der Waals surface area contributed by atoms with Gasteiger partial charge in [-0.1, -0.05) is 43.7 Å². The zero-order chi connectivity index (χ0) is 21.0. The molecule has 0 saturated heterocycles. The molecular formula is C25H30N2OS. The van der Waals surface area contributed by atoms with Gasteiger partial charge in [0.2, 0.25) is 5.91 Å². The van der Waals surface area contributed by atoms with Crippen LogP contribution in [0.3, 0.4) is 0 Å². The minimum atomic E-state index is 0.0671. The van der Waals surface area contributed by atoms with E-state index >= 15 is 0 Å². The van der Waals surface area contributed by atoms with E-state index in [1.165, 1.54) is 33.2 Å². The number of carbonyl (C=O) groups is 1. The summed E-state index contributed by atoms with van der Waals surface area (Å²) < 4.78 is 0. The fraction of sp³-hybridized carbons (Fsp3) is 0.360. The summed E-state index contributed by atoms with van der Waals surface area (Å²) in [5, 5.41) is 5.35. The van der Waals surface area contributed by atoms with Crippen molar-refractivity contribution in [2.24, 2.45) is 0 Å². The maximum Gasteiger partial charge on any atom is 0.225 e. The van der Waals surface area contributed by atoms with Gasteiger partial charge in [-0.3, -0.25) is 4.79 Å². The molecule has 4 heteroatoms. The van der Waals surface area contributed by atoms with Crippen molar-refractivity contribution in [1.82, 2.24) is 4.98 Å². The van der Waals surface area contributed by atoms with Gasteiger partial charge >= 0.3 is 0 Å². The molecule has 152 valence electrons. The lowest BCUT2D eigenvalue weighted by atomic mass is 10.0. The van der Waals surface area contributed by atoms with E-state index < -0.39 is 0 Å². The van der Waals surface area contributed by atoms with Crippen molar-refractivity contribution in [2.45, 2.75) is 58.9 Å². The van der Waals surface area contributed by atoms with E-state index in [1.807, 2.05) is 0 Å². The lowest BCUT2D eigenvalue weighted by Crippen LogP contribution is -2.15. The molecule has 0 saturated carbocycles. The number of thioether (sulfide) groups is 1. The Labute approximate surface area is 178 Å². The Morgan fingerprint density at radius 2 is 1.69 bits per heavy atom. The zero-order valence-electron chi connectivity index (χ0n) is 18.1. The molecule has 0 aliphatic heterocycles. The number of nitrogens with zero attached hydrogens (tertiary/aromatic N) is 1. The molecule has 3 aromatic rings. The molecule has 0 bridgehead atoms. The molecule has 0 spiro atoms. The van der Waals surface area contributed by atoms with Gasteiger partial charge in [-0.05, 0) is 68.0 Å². The van der Waals surface area contributed by atoms with Gasteiger partial charge in [-0.25, -0.2) is 4.98 Å². The number of anilines is 1. The van der Waals surface area contributed by atoms with Crippen LogP contribution >= 0.6 is 11.8 Å². The highest BCUT2D eigenvalue weighted by molar-refractivity contribution is 7.99. The number of para-hydroxylation sites is 1. The Balaban J connectivity index is 1.67. The zero-order valence-corrected chi connectivity index (χ0v) is 18.9. The first kappa shape index (κ1) is 21.4. The SMILES string of the molecule is CCc1cccc(CC)c1NC(=O)CCSc1cc(C)c2cc(C)cc(C)c2n1. The predicted octanol–water partition coefficient (Wildman–Crippen LogP) is 6.41. The standard InChI is InChI=1S/C25H30N2OS/c1-6-19-9-8-10-20(7-2)25(19)26-22(28)11-12-29-23-15-17(4)21-14-16(3)13-18(5)24(21)27-23/h8-10,13-15H,6-7,11-12H2,1-5H3,(H,26,28). The van der Waals surface area contributed by atoms with Crippen LogP contribution in [0.15, 0.2) is 41.4 Å². The van der Waals surface area contributed by atoms with Gasteiger partial charge in [0.1, 0.15) is 0 Å². The van der Waals surface area contributed by atoms with Gasteiger partial charge in [-0.15, -0.1) is 11.8 Å². The molecule has 3 rings (SSSR count). The van der Waals surface area contributed by atoms with Crippen LogP contribution in [0.5, 0.6) is 0 Å². The monoisotopic (exact) mass is 406 g/mol. The van der Waals surface area contributed by atoms with Crippen molar-refractivity contribution in [1.29, 1.82) is 0 Å². The first-order valence-electron chi connectivity index (χ1n) is 10.3. The normalized spacial score (nSPS) is 11.1. The number of benzene rings is 2. The summed E-state index contributed by atoms with van der Waals surface area (Å²) in [6.45, 7) is 10.6. The molecule has 0 unspecified atom stereocenters. The number of amides is 1. The average Bonchev–Trinajstić information content (AvgIpc) is 2.69. The molecule has 29 heavy (non-hydrogen) atoms. The lowest BCUT2D eigenvalue weighted by molar-refractivity contribution is -0.115. The molecule has 0 aliphatic carbocycles. The summed E-state index contributed by atoms with van der Waals surface area (Å²) in [5.74, 6) is 0.780. The Kier molecular flexibility index (Phi) is 6.96. The van der Waals surface area contributed by atoms with Crippen molar-refractivity contribution in [3.63, 3.8) is 0 Å². The van der Waals surface area contributed by atoms with Crippen molar-refractivity contribution in [2.75, 3.05) is 11.1 Å². The maximum absolute atomic E-state index is 12.6. The van der Waals surface area contributed by atoms with Gasteiger partial charge in [0.15, 0.2) is 0 Å². The number of hydrogen-bond acceptors (Lipinski definition) is 3. The summed E-state index contributed by atoms with van der Waals surface area (Å²) in [6, 6.07) is 12.8. The van der Waals surface area contributed by atoms with Crippen molar-refractivity contribution in [3.05, 3.63) is 64.2 Å². The molecule has 1 N–H and O–H groups in total. The molecule has 1 heterocycles. The predicted molar refractivity (Wildman–Crippen MR) is 125 cm³/mol. The van der Waals surface area contributed by atoms with Crippen LogP contribution < -0.4 is 5.32 Å². The second-order valence-electron chi connectivity index (χ2n) is 7.56. The molecule has 0 fully saturated rings. The fourth-order valence-corrected chi connectivity index (χ4v) is 4.65. The van der Waals surface area contributed by atoms with Crippen LogP contribution in [-0.4, -0.2) is 16.6 Å². The van der Waals surface area contributed by atoms with Crippen LogP contribution in [0.4, 0.5) is 5.69 Å². The molecule has 1 amide bonds. The summed E-state index contributed by atoms with van der Waals surface area (Å²) in [7, 11) is 0. The minimum absolute atomic E-state index is 0.0671. The quantitative estimate of drug-likeness (QED) is 0.461. The number of rotatable bonds is 7. The third-order valence-electron chi connectivity index (χ3n) is 5.27. The van der Waals surface area contributed by atoms with Crippen LogP contribution in [0.2, 0.25) is 0 Å². The topological polar surface area (TPSA) is 42.0 Å². The van der Waals surface area contributed by atoms with E-state index in [0.717, 1.165) is 29.1 Å². The number of aromatic nitrogens is 1. The highest BCUT2D eigenvalue weighted by Gasteiger charge is 2.11. The van der Waals surface area contributed by atoms with Gasteiger partial charge < -0.3 is 5.32 Å².